The second kappa shape index (κ2) is 2.71. The van der Waals surface area contributed by atoms with Crippen molar-refractivity contribution in [2.45, 2.75) is 30.9 Å². The summed E-state index contributed by atoms with van der Waals surface area (Å²) in [5.74, 6) is -0.864. The summed E-state index contributed by atoms with van der Waals surface area (Å²) in [5, 5.41) is 11.9. The van der Waals surface area contributed by atoms with Crippen molar-refractivity contribution in [3.05, 3.63) is 0 Å². The molecule has 2 fully saturated rings. The Balaban J connectivity index is 1.88. The fourth-order valence-electron chi connectivity index (χ4n) is 1.76. The smallest absolute Gasteiger partial charge is 0.334 e. The minimum absolute atomic E-state index is 0.131. The van der Waals surface area contributed by atoms with Gasteiger partial charge in [-0.2, -0.15) is 0 Å². The Hall–Kier alpha value is -0.610. The minimum atomic E-state index is -0.864. The number of rotatable bonds is 1. The number of carboxylic acid groups (broad SMARTS) is 1. The molecule has 1 atom stereocenters. The molecule has 0 aromatic heterocycles. The highest BCUT2D eigenvalue weighted by molar-refractivity contribution is 5.72. The maximum absolute atomic E-state index is 10.5. The fraction of sp³-hybridized carbons (Fsp3) is 0.875. The molecule has 0 amide bonds. The van der Waals surface area contributed by atoms with Gasteiger partial charge in [-0.1, -0.05) is 0 Å². The van der Waals surface area contributed by atoms with E-state index in [1.54, 1.807) is 0 Å². The van der Waals surface area contributed by atoms with E-state index in [1.165, 1.54) is 6.42 Å². The summed E-state index contributed by atoms with van der Waals surface area (Å²) in [4.78, 5) is 10.5. The Morgan fingerprint density at radius 2 is 2.33 bits per heavy atom. The molecule has 1 spiro atoms. The third-order valence-electron chi connectivity index (χ3n) is 2.81. The van der Waals surface area contributed by atoms with Crippen LogP contribution in [0.15, 0.2) is 0 Å². The summed E-state index contributed by atoms with van der Waals surface area (Å²) in [6.07, 6.45) is 2.84. The monoisotopic (exact) mass is 171 g/mol. The molecule has 0 aromatic carbocycles. The van der Waals surface area contributed by atoms with E-state index >= 15 is 0 Å². The lowest BCUT2D eigenvalue weighted by atomic mass is 9.76. The molecule has 2 aliphatic rings. The van der Waals surface area contributed by atoms with Crippen LogP contribution in [-0.2, 0) is 9.53 Å². The molecule has 4 heteroatoms. The summed E-state index contributed by atoms with van der Waals surface area (Å²) < 4.78 is 5.24. The van der Waals surface area contributed by atoms with Gasteiger partial charge in [-0.05, 0) is 19.3 Å². The van der Waals surface area contributed by atoms with Crippen LogP contribution in [0.5, 0.6) is 0 Å². The van der Waals surface area contributed by atoms with E-state index in [2.05, 4.69) is 5.32 Å². The van der Waals surface area contributed by atoms with Crippen LogP contribution >= 0.6 is 0 Å². The van der Waals surface area contributed by atoms with Crippen molar-refractivity contribution < 1.29 is 14.6 Å². The highest BCUT2D eigenvalue weighted by Crippen LogP contribution is 2.33. The quantitative estimate of drug-likeness (QED) is 0.582. The Bertz CT molecular complexity index is 190. The SMILES string of the molecule is O=C(O)C1CNC2(CCC2)CO1. The Labute approximate surface area is 70.9 Å². The van der Waals surface area contributed by atoms with E-state index in [1.807, 2.05) is 0 Å². The van der Waals surface area contributed by atoms with Crippen LogP contribution in [0, 0.1) is 0 Å². The number of carbonyl (C=O) groups is 1. The number of morpholine rings is 1. The Morgan fingerprint density at radius 3 is 2.67 bits per heavy atom. The van der Waals surface area contributed by atoms with Crippen LogP contribution in [0.4, 0.5) is 0 Å². The van der Waals surface area contributed by atoms with Gasteiger partial charge in [0.1, 0.15) is 0 Å². The zero-order valence-electron chi connectivity index (χ0n) is 6.88. The summed E-state index contributed by atoms with van der Waals surface area (Å²) in [5.41, 5.74) is 0.131. The Kier molecular flexibility index (Phi) is 1.81. The molecule has 12 heavy (non-hydrogen) atoms. The molecule has 1 heterocycles. The predicted molar refractivity (Wildman–Crippen MR) is 42.0 cm³/mol. The standard InChI is InChI=1S/C8H13NO3/c10-7(11)6-4-9-8(5-12-6)2-1-3-8/h6,9H,1-5H2,(H,10,11). The predicted octanol–water partition coefficient (Wildman–Crippen LogP) is -0.0179. The molecule has 2 rings (SSSR count). The zero-order valence-corrected chi connectivity index (χ0v) is 6.88. The first-order valence-corrected chi connectivity index (χ1v) is 4.31. The third kappa shape index (κ3) is 1.21. The average Bonchev–Trinajstić information content (AvgIpc) is 2.02. The molecule has 0 radical (unpaired) electrons. The first-order valence-electron chi connectivity index (χ1n) is 4.31. The number of hydrogen-bond donors (Lipinski definition) is 2. The molecule has 1 aliphatic carbocycles. The van der Waals surface area contributed by atoms with Crippen LogP contribution in [-0.4, -0.2) is 35.9 Å². The number of hydrogen-bond acceptors (Lipinski definition) is 3. The van der Waals surface area contributed by atoms with Crippen molar-refractivity contribution in [1.82, 2.24) is 5.32 Å². The molecule has 0 bridgehead atoms. The van der Waals surface area contributed by atoms with Crippen molar-refractivity contribution in [3.63, 3.8) is 0 Å². The van der Waals surface area contributed by atoms with Crippen LogP contribution < -0.4 is 5.32 Å². The first-order chi connectivity index (χ1) is 5.72. The number of aliphatic carboxylic acids is 1. The largest absolute Gasteiger partial charge is 0.479 e. The highest BCUT2D eigenvalue weighted by Gasteiger charge is 2.42. The summed E-state index contributed by atoms with van der Waals surface area (Å²) in [6, 6.07) is 0. The number of ether oxygens (including phenoxy) is 1. The molecule has 1 aliphatic heterocycles. The average molecular weight is 171 g/mol. The van der Waals surface area contributed by atoms with E-state index < -0.39 is 12.1 Å². The normalized spacial score (nSPS) is 32.8. The lowest BCUT2D eigenvalue weighted by Crippen LogP contribution is -2.62. The second-order valence-corrected chi connectivity index (χ2v) is 3.65. The van der Waals surface area contributed by atoms with Crippen LogP contribution in [0.25, 0.3) is 0 Å². The first kappa shape index (κ1) is 8.01. The molecule has 4 nitrogen and oxygen atoms in total. The van der Waals surface area contributed by atoms with Gasteiger partial charge in [-0.25, -0.2) is 4.79 Å². The third-order valence-corrected chi connectivity index (χ3v) is 2.81. The van der Waals surface area contributed by atoms with Crippen molar-refractivity contribution in [2.24, 2.45) is 0 Å². The van der Waals surface area contributed by atoms with E-state index in [0.29, 0.717) is 13.2 Å². The highest BCUT2D eigenvalue weighted by atomic mass is 16.5. The summed E-state index contributed by atoms with van der Waals surface area (Å²) >= 11 is 0. The molecule has 2 N–H and O–H groups in total. The molecular formula is C8H13NO3. The molecule has 68 valence electrons. The number of carboxylic acids is 1. The number of nitrogens with one attached hydrogen (secondary N) is 1. The van der Waals surface area contributed by atoms with Gasteiger partial charge >= 0.3 is 5.97 Å². The van der Waals surface area contributed by atoms with Gasteiger partial charge in [-0.3, -0.25) is 0 Å². The topological polar surface area (TPSA) is 58.6 Å². The summed E-state index contributed by atoms with van der Waals surface area (Å²) in [7, 11) is 0. The van der Waals surface area contributed by atoms with E-state index in [0.717, 1.165) is 12.8 Å². The zero-order chi connectivity index (χ0) is 8.60. The molecule has 0 aromatic rings. The fourth-order valence-corrected chi connectivity index (χ4v) is 1.76. The van der Waals surface area contributed by atoms with Crippen molar-refractivity contribution in [2.75, 3.05) is 13.2 Å². The molecule has 1 unspecified atom stereocenters. The second-order valence-electron chi connectivity index (χ2n) is 3.65. The Morgan fingerprint density at radius 1 is 1.58 bits per heavy atom. The van der Waals surface area contributed by atoms with Crippen molar-refractivity contribution in [3.8, 4) is 0 Å². The van der Waals surface area contributed by atoms with E-state index in [9.17, 15) is 4.79 Å². The van der Waals surface area contributed by atoms with E-state index in [4.69, 9.17) is 9.84 Å². The van der Waals surface area contributed by atoms with Crippen LogP contribution in [0.1, 0.15) is 19.3 Å². The van der Waals surface area contributed by atoms with Gasteiger partial charge in [0.2, 0.25) is 0 Å². The van der Waals surface area contributed by atoms with Gasteiger partial charge in [0, 0.05) is 12.1 Å². The van der Waals surface area contributed by atoms with Crippen LogP contribution in [0.3, 0.4) is 0 Å². The van der Waals surface area contributed by atoms with Crippen LogP contribution in [0.2, 0.25) is 0 Å². The van der Waals surface area contributed by atoms with Crippen molar-refractivity contribution in [1.29, 1.82) is 0 Å². The summed E-state index contributed by atoms with van der Waals surface area (Å²) in [6.45, 7) is 1.01. The van der Waals surface area contributed by atoms with Gasteiger partial charge in [-0.15, -0.1) is 0 Å². The maximum Gasteiger partial charge on any atom is 0.334 e. The minimum Gasteiger partial charge on any atom is -0.479 e. The van der Waals surface area contributed by atoms with Gasteiger partial charge in [0.25, 0.3) is 0 Å². The molecule has 1 saturated carbocycles. The van der Waals surface area contributed by atoms with E-state index in [-0.39, 0.29) is 5.54 Å². The van der Waals surface area contributed by atoms with Gasteiger partial charge in [0.15, 0.2) is 6.10 Å². The lowest BCUT2D eigenvalue weighted by molar-refractivity contribution is -0.157. The lowest BCUT2D eigenvalue weighted by Gasteiger charge is -2.46. The maximum atomic E-state index is 10.5. The van der Waals surface area contributed by atoms with Gasteiger partial charge in [0.05, 0.1) is 6.61 Å². The van der Waals surface area contributed by atoms with Gasteiger partial charge < -0.3 is 15.2 Å². The molecular weight excluding hydrogens is 158 g/mol. The van der Waals surface area contributed by atoms with Crippen molar-refractivity contribution >= 4 is 5.97 Å². The molecule has 1 saturated heterocycles.